The topological polar surface area (TPSA) is 36.4 Å². The van der Waals surface area contributed by atoms with Crippen LogP contribution in [0.1, 0.15) is 47.5 Å². The molecule has 1 aliphatic carbocycles. The predicted octanol–water partition coefficient (Wildman–Crippen LogP) is 3.52. The van der Waals surface area contributed by atoms with Gasteiger partial charge in [0.25, 0.3) is 0 Å². The van der Waals surface area contributed by atoms with Gasteiger partial charge in [-0.05, 0) is 54.2 Å². The maximum Gasteiger partial charge on any atom is 0.129 e. The highest BCUT2D eigenvalue weighted by atomic mass is 15.1. The lowest BCUT2D eigenvalue weighted by Gasteiger charge is -2.20. The molecule has 19 heavy (non-hydrogen) atoms. The van der Waals surface area contributed by atoms with Gasteiger partial charge in [0.2, 0.25) is 0 Å². The summed E-state index contributed by atoms with van der Waals surface area (Å²) in [6.45, 7) is 19.2. The van der Waals surface area contributed by atoms with Crippen molar-refractivity contribution in [1.82, 2.24) is 10.6 Å². The van der Waals surface area contributed by atoms with E-state index in [2.05, 4.69) is 63.5 Å². The lowest BCUT2D eigenvalue weighted by molar-refractivity contribution is 0.601. The SMILES string of the molecule is C=N/C(NC1(C)CC1)=C(\C)C(C(=C)NCC)=C(C)C. The van der Waals surface area contributed by atoms with E-state index in [1.165, 1.54) is 18.4 Å². The summed E-state index contributed by atoms with van der Waals surface area (Å²) in [5.41, 5.74) is 4.62. The third-order valence-corrected chi connectivity index (χ3v) is 3.50. The number of aliphatic imine (C=N–C) groups is 1. The number of hydrogen-bond donors (Lipinski definition) is 2. The highest BCUT2D eigenvalue weighted by Crippen LogP contribution is 2.36. The monoisotopic (exact) mass is 261 g/mol. The Bertz CT molecular complexity index is 433. The molecule has 106 valence electrons. The summed E-state index contributed by atoms with van der Waals surface area (Å²) in [5.74, 6) is 0.871. The molecule has 0 radical (unpaired) electrons. The third-order valence-electron chi connectivity index (χ3n) is 3.50. The van der Waals surface area contributed by atoms with Crippen molar-refractivity contribution >= 4 is 6.72 Å². The van der Waals surface area contributed by atoms with Crippen LogP contribution < -0.4 is 10.6 Å². The fourth-order valence-corrected chi connectivity index (χ4v) is 2.17. The Morgan fingerprint density at radius 3 is 2.21 bits per heavy atom. The van der Waals surface area contributed by atoms with Crippen LogP contribution in [0.4, 0.5) is 0 Å². The van der Waals surface area contributed by atoms with Crippen LogP contribution in [0.2, 0.25) is 0 Å². The number of likely N-dealkylation sites (N-methyl/N-ethyl adjacent to an activating group) is 1. The van der Waals surface area contributed by atoms with Crippen LogP contribution >= 0.6 is 0 Å². The maximum atomic E-state index is 4.17. The molecule has 0 saturated heterocycles. The molecule has 0 heterocycles. The summed E-state index contributed by atoms with van der Waals surface area (Å²) in [6.07, 6.45) is 2.38. The number of hydrogen-bond acceptors (Lipinski definition) is 3. The summed E-state index contributed by atoms with van der Waals surface area (Å²) in [6, 6.07) is 0. The zero-order valence-electron chi connectivity index (χ0n) is 13.0. The zero-order valence-corrected chi connectivity index (χ0v) is 13.0. The van der Waals surface area contributed by atoms with Crippen LogP contribution in [0.3, 0.4) is 0 Å². The van der Waals surface area contributed by atoms with Gasteiger partial charge in [0.05, 0.1) is 0 Å². The fourth-order valence-electron chi connectivity index (χ4n) is 2.17. The Labute approximate surface area is 117 Å². The highest BCUT2D eigenvalue weighted by Gasteiger charge is 2.38. The maximum absolute atomic E-state index is 4.17. The normalized spacial score (nSPS) is 17.1. The highest BCUT2D eigenvalue weighted by molar-refractivity contribution is 5.49. The molecular formula is C16H27N3. The van der Waals surface area contributed by atoms with Crippen LogP contribution in [0.25, 0.3) is 0 Å². The predicted molar refractivity (Wildman–Crippen MR) is 84.2 cm³/mol. The van der Waals surface area contributed by atoms with Crippen molar-refractivity contribution in [3.8, 4) is 0 Å². The molecule has 0 aromatic rings. The number of nitrogens with zero attached hydrogens (tertiary/aromatic N) is 1. The Morgan fingerprint density at radius 1 is 1.26 bits per heavy atom. The minimum Gasteiger partial charge on any atom is -0.385 e. The van der Waals surface area contributed by atoms with E-state index in [1.807, 2.05) is 0 Å². The van der Waals surface area contributed by atoms with E-state index in [4.69, 9.17) is 0 Å². The first-order valence-corrected chi connectivity index (χ1v) is 6.91. The van der Waals surface area contributed by atoms with Crippen molar-refractivity contribution in [2.24, 2.45) is 4.99 Å². The summed E-state index contributed by atoms with van der Waals surface area (Å²) in [5, 5.41) is 6.79. The van der Waals surface area contributed by atoms with E-state index in [1.54, 1.807) is 0 Å². The molecule has 1 saturated carbocycles. The first kappa shape index (κ1) is 15.5. The van der Waals surface area contributed by atoms with E-state index < -0.39 is 0 Å². The van der Waals surface area contributed by atoms with Gasteiger partial charge < -0.3 is 10.6 Å². The van der Waals surface area contributed by atoms with Gasteiger partial charge in [0.1, 0.15) is 5.82 Å². The van der Waals surface area contributed by atoms with Gasteiger partial charge in [-0.1, -0.05) is 12.2 Å². The van der Waals surface area contributed by atoms with Crippen LogP contribution in [0, 0.1) is 0 Å². The average molecular weight is 261 g/mol. The standard InChI is InChI=1S/C16H27N3/c1-8-18-13(5)14(11(2)3)12(4)15(17-7)19-16(6)9-10-16/h18-19H,5,7-10H2,1-4,6H3/b15-12-. The second-order valence-electron chi connectivity index (χ2n) is 5.70. The van der Waals surface area contributed by atoms with Gasteiger partial charge in [-0.15, -0.1) is 0 Å². The van der Waals surface area contributed by atoms with Crippen LogP contribution in [-0.4, -0.2) is 18.8 Å². The first-order valence-electron chi connectivity index (χ1n) is 6.91. The number of nitrogens with one attached hydrogen (secondary N) is 2. The molecule has 3 heteroatoms. The summed E-state index contributed by atoms with van der Waals surface area (Å²) < 4.78 is 0. The van der Waals surface area contributed by atoms with E-state index >= 15 is 0 Å². The quantitative estimate of drug-likeness (QED) is 0.543. The largest absolute Gasteiger partial charge is 0.385 e. The second kappa shape index (κ2) is 6.09. The van der Waals surface area contributed by atoms with E-state index in [0.717, 1.165) is 29.2 Å². The molecule has 0 aliphatic heterocycles. The van der Waals surface area contributed by atoms with Crippen LogP contribution in [0.15, 0.2) is 39.8 Å². The minimum absolute atomic E-state index is 0.198. The molecule has 0 spiro atoms. The van der Waals surface area contributed by atoms with E-state index in [0.29, 0.717) is 0 Å². The molecule has 0 atom stereocenters. The van der Waals surface area contributed by atoms with Gasteiger partial charge in [-0.25, -0.2) is 4.99 Å². The van der Waals surface area contributed by atoms with Gasteiger partial charge in [-0.3, -0.25) is 0 Å². The first-order chi connectivity index (χ1) is 8.84. The van der Waals surface area contributed by atoms with Crippen molar-refractivity contribution in [2.75, 3.05) is 6.54 Å². The Hall–Kier alpha value is -1.51. The molecule has 0 unspecified atom stereocenters. The summed E-state index contributed by atoms with van der Waals surface area (Å²) in [4.78, 5) is 4.17. The zero-order chi connectivity index (χ0) is 14.6. The Morgan fingerprint density at radius 2 is 1.84 bits per heavy atom. The van der Waals surface area contributed by atoms with Crippen LogP contribution in [0.5, 0.6) is 0 Å². The molecule has 1 fully saturated rings. The second-order valence-corrected chi connectivity index (χ2v) is 5.70. The van der Waals surface area contributed by atoms with E-state index in [-0.39, 0.29) is 5.54 Å². The van der Waals surface area contributed by atoms with Crippen LogP contribution in [-0.2, 0) is 0 Å². The molecule has 0 bridgehead atoms. The lowest BCUT2D eigenvalue weighted by atomic mass is 9.99. The van der Waals surface area contributed by atoms with Gasteiger partial charge in [0.15, 0.2) is 0 Å². The Balaban J connectivity index is 3.09. The molecular weight excluding hydrogens is 234 g/mol. The Kier molecular flexibility index (Phi) is 4.98. The van der Waals surface area contributed by atoms with E-state index in [9.17, 15) is 0 Å². The van der Waals surface area contributed by atoms with Crippen molar-refractivity contribution in [2.45, 2.75) is 53.0 Å². The van der Waals surface area contributed by atoms with Crippen molar-refractivity contribution in [3.63, 3.8) is 0 Å². The van der Waals surface area contributed by atoms with Gasteiger partial charge in [0, 0.05) is 28.9 Å². The average Bonchev–Trinajstić information content (AvgIpc) is 3.04. The smallest absolute Gasteiger partial charge is 0.129 e. The lowest BCUT2D eigenvalue weighted by Crippen LogP contribution is -2.28. The fraction of sp³-hybridized carbons (Fsp3) is 0.562. The third kappa shape index (κ3) is 3.98. The minimum atomic E-state index is 0.198. The van der Waals surface area contributed by atoms with Crippen molar-refractivity contribution in [3.05, 3.63) is 34.8 Å². The summed E-state index contributed by atoms with van der Waals surface area (Å²) in [7, 11) is 0. The molecule has 1 aliphatic rings. The number of allylic oxidation sites excluding steroid dienone is 2. The summed E-state index contributed by atoms with van der Waals surface area (Å²) >= 11 is 0. The van der Waals surface area contributed by atoms with Gasteiger partial charge in [-0.2, -0.15) is 0 Å². The molecule has 0 amide bonds. The molecule has 1 rings (SSSR count). The van der Waals surface area contributed by atoms with Crippen molar-refractivity contribution in [1.29, 1.82) is 0 Å². The van der Waals surface area contributed by atoms with Gasteiger partial charge >= 0.3 is 0 Å². The molecule has 2 N–H and O–H groups in total. The number of rotatable bonds is 7. The molecule has 3 nitrogen and oxygen atoms in total. The molecule has 0 aromatic carbocycles. The molecule has 0 aromatic heterocycles. The van der Waals surface area contributed by atoms with Crippen molar-refractivity contribution < 1.29 is 0 Å².